The Labute approximate surface area is 185 Å². The maximum absolute atomic E-state index is 13.0. The molecule has 0 saturated carbocycles. The number of amides is 3. The highest BCUT2D eigenvalue weighted by atomic mass is 16.4. The van der Waals surface area contributed by atoms with E-state index in [9.17, 15) is 24.0 Å². The number of hydrogen-bond donors (Lipinski definition) is 6. The summed E-state index contributed by atoms with van der Waals surface area (Å²) < 4.78 is 0. The number of rotatable bonds is 13. The molecule has 7 N–H and O–H groups in total. The fraction of sp³-hybridized carbons (Fsp3) is 0.476. The summed E-state index contributed by atoms with van der Waals surface area (Å²) in [5.41, 5.74) is 6.61. The first-order chi connectivity index (χ1) is 15.0. The molecule has 3 atom stereocenters. The van der Waals surface area contributed by atoms with Crippen LogP contribution in [0.4, 0.5) is 0 Å². The molecule has 0 saturated heterocycles. The van der Waals surface area contributed by atoms with Gasteiger partial charge in [0.1, 0.15) is 18.6 Å². The minimum Gasteiger partial charge on any atom is -0.481 e. The van der Waals surface area contributed by atoms with Gasteiger partial charge in [0.25, 0.3) is 0 Å². The Morgan fingerprint density at radius 2 is 1.47 bits per heavy atom. The third-order valence-electron chi connectivity index (χ3n) is 4.63. The van der Waals surface area contributed by atoms with E-state index < -0.39 is 60.8 Å². The minimum absolute atomic E-state index is 0.103. The topological polar surface area (TPSA) is 188 Å². The van der Waals surface area contributed by atoms with Crippen molar-refractivity contribution in [1.29, 1.82) is 0 Å². The summed E-state index contributed by atoms with van der Waals surface area (Å²) in [5, 5.41) is 24.8. The van der Waals surface area contributed by atoms with E-state index >= 15 is 0 Å². The Morgan fingerprint density at radius 3 is 2.00 bits per heavy atom. The highest BCUT2D eigenvalue weighted by Gasteiger charge is 2.29. The second-order valence-corrected chi connectivity index (χ2v) is 7.63. The van der Waals surface area contributed by atoms with Crippen LogP contribution in [0.15, 0.2) is 30.3 Å². The van der Waals surface area contributed by atoms with Gasteiger partial charge in [-0.3, -0.25) is 24.0 Å². The third-order valence-corrected chi connectivity index (χ3v) is 4.63. The van der Waals surface area contributed by atoms with Crippen LogP contribution < -0.4 is 21.7 Å². The quantitative estimate of drug-likeness (QED) is 0.226. The number of nitrogens with one attached hydrogen (secondary N) is 3. The van der Waals surface area contributed by atoms with Crippen molar-refractivity contribution in [2.45, 2.75) is 51.2 Å². The van der Waals surface area contributed by atoms with Crippen molar-refractivity contribution >= 4 is 29.7 Å². The highest BCUT2D eigenvalue weighted by Crippen LogP contribution is 2.07. The smallest absolute Gasteiger partial charge is 0.322 e. The van der Waals surface area contributed by atoms with Crippen molar-refractivity contribution < 1.29 is 34.2 Å². The van der Waals surface area contributed by atoms with Crippen LogP contribution in [0.2, 0.25) is 0 Å². The SMILES string of the molecule is CC(C)C(N)C(=O)NC(Cc1ccccc1)C(=O)NC(CCC(=O)O)C(=O)NCC(=O)O. The zero-order chi connectivity index (χ0) is 24.3. The second kappa shape index (κ2) is 13.1. The number of benzene rings is 1. The first kappa shape index (κ1) is 26.6. The number of hydrogen-bond acceptors (Lipinski definition) is 6. The van der Waals surface area contributed by atoms with E-state index in [4.69, 9.17) is 15.9 Å². The summed E-state index contributed by atoms with van der Waals surface area (Å²) in [6, 6.07) is 5.60. The summed E-state index contributed by atoms with van der Waals surface area (Å²) in [6.07, 6.45) is -0.588. The maximum atomic E-state index is 13.0. The third kappa shape index (κ3) is 9.56. The van der Waals surface area contributed by atoms with E-state index in [2.05, 4.69) is 16.0 Å². The van der Waals surface area contributed by atoms with Gasteiger partial charge in [-0.15, -0.1) is 0 Å². The average molecular weight is 450 g/mol. The Kier molecular flexibility index (Phi) is 10.8. The van der Waals surface area contributed by atoms with Gasteiger partial charge in [0, 0.05) is 12.8 Å². The Bertz CT molecular complexity index is 814. The molecular weight excluding hydrogens is 420 g/mol. The van der Waals surface area contributed by atoms with Gasteiger partial charge < -0.3 is 31.9 Å². The second-order valence-electron chi connectivity index (χ2n) is 7.63. The molecule has 32 heavy (non-hydrogen) atoms. The lowest BCUT2D eigenvalue weighted by Crippen LogP contribution is -2.57. The molecule has 0 aliphatic rings. The number of carboxylic acids is 2. The van der Waals surface area contributed by atoms with Crippen molar-refractivity contribution in [1.82, 2.24) is 16.0 Å². The summed E-state index contributed by atoms with van der Waals surface area (Å²) in [7, 11) is 0. The largest absolute Gasteiger partial charge is 0.481 e. The molecule has 1 aromatic carbocycles. The molecule has 0 heterocycles. The summed E-state index contributed by atoms with van der Waals surface area (Å²) >= 11 is 0. The van der Waals surface area contributed by atoms with Gasteiger partial charge >= 0.3 is 11.9 Å². The predicted octanol–water partition coefficient (Wildman–Crippen LogP) is -0.752. The van der Waals surface area contributed by atoms with Gasteiger partial charge in [0.2, 0.25) is 17.7 Å². The number of carbonyl (C=O) groups excluding carboxylic acids is 3. The Morgan fingerprint density at radius 1 is 0.875 bits per heavy atom. The van der Waals surface area contributed by atoms with Crippen LogP contribution in [0, 0.1) is 5.92 Å². The standard InChI is InChI=1S/C21H30N4O7/c1-12(2)18(22)21(32)25-15(10-13-6-4-3-5-7-13)20(31)24-14(8-9-16(26)27)19(30)23-11-17(28)29/h3-7,12,14-15,18H,8-11,22H2,1-2H3,(H,23,30)(H,24,31)(H,25,32)(H,26,27)(H,28,29). The predicted molar refractivity (Wildman–Crippen MR) is 114 cm³/mol. The van der Waals surface area contributed by atoms with Crippen LogP contribution in [-0.2, 0) is 30.4 Å². The van der Waals surface area contributed by atoms with E-state index in [0.29, 0.717) is 0 Å². The van der Waals surface area contributed by atoms with Crippen molar-refractivity contribution in [2.75, 3.05) is 6.54 Å². The van der Waals surface area contributed by atoms with Crippen molar-refractivity contribution in [3.05, 3.63) is 35.9 Å². The first-order valence-corrected chi connectivity index (χ1v) is 10.1. The maximum Gasteiger partial charge on any atom is 0.322 e. The molecule has 3 amide bonds. The van der Waals surface area contributed by atoms with Crippen LogP contribution in [0.5, 0.6) is 0 Å². The lowest BCUT2D eigenvalue weighted by Gasteiger charge is -2.25. The molecule has 0 aromatic heterocycles. The molecule has 3 unspecified atom stereocenters. The molecule has 0 bridgehead atoms. The Hall–Kier alpha value is -3.47. The van der Waals surface area contributed by atoms with Crippen molar-refractivity contribution in [3.63, 3.8) is 0 Å². The zero-order valence-electron chi connectivity index (χ0n) is 18.0. The van der Waals surface area contributed by atoms with E-state index in [0.717, 1.165) is 5.56 Å². The van der Waals surface area contributed by atoms with Crippen LogP contribution in [0.25, 0.3) is 0 Å². The fourth-order valence-corrected chi connectivity index (χ4v) is 2.72. The summed E-state index contributed by atoms with van der Waals surface area (Å²) in [6.45, 7) is 2.82. The van der Waals surface area contributed by atoms with E-state index in [-0.39, 0.29) is 18.8 Å². The molecule has 1 rings (SSSR count). The number of carboxylic acid groups (broad SMARTS) is 2. The minimum atomic E-state index is -1.30. The molecule has 11 nitrogen and oxygen atoms in total. The average Bonchev–Trinajstić information content (AvgIpc) is 2.74. The number of aliphatic carboxylic acids is 2. The number of nitrogens with two attached hydrogens (primary N) is 1. The molecule has 0 fully saturated rings. The number of carbonyl (C=O) groups is 5. The molecule has 0 spiro atoms. The summed E-state index contributed by atoms with van der Waals surface area (Å²) in [4.78, 5) is 59.4. The molecule has 0 aliphatic heterocycles. The van der Waals surface area contributed by atoms with Gasteiger partial charge in [-0.25, -0.2) is 0 Å². The molecule has 1 aromatic rings. The van der Waals surface area contributed by atoms with E-state index in [1.807, 2.05) is 0 Å². The van der Waals surface area contributed by atoms with Crippen LogP contribution >= 0.6 is 0 Å². The van der Waals surface area contributed by atoms with Gasteiger partial charge in [0.05, 0.1) is 6.04 Å². The lowest BCUT2D eigenvalue weighted by atomic mass is 10.0. The van der Waals surface area contributed by atoms with Crippen LogP contribution in [-0.4, -0.2) is 64.5 Å². The van der Waals surface area contributed by atoms with Gasteiger partial charge in [-0.1, -0.05) is 44.2 Å². The summed E-state index contributed by atoms with van der Waals surface area (Å²) in [5.74, 6) is -4.77. The first-order valence-electron chi connectivity index (χ1n) is 10.1. The van der Waals surface area contributed by atoms with Gasteiger partial charge in [-0.2, -0.15) is 0 Å². The molecule has 11 heteroatoms. The van der Waals surface area contributed by atoms with E-state index in [1.165, 1.54) is 0 Å². The molecular formula is C21H30N4O7. The monoisotopic (exact) mass is 450 g/mol. The normalized spacial score (nSPS) is 13.5. The van der Waals surface area contributed by atoms with Crippen LogP contribution in [0.1, 0.15) is 32.3 Å². The Balaban J connectivity index is 3.03. The van der Waals surface area contributed by atoms with Crippen molar-refractivity contribution in [3.8, 4) is 0 Å². The lowest BCUT2D eigenvalue weighted by molar-refractivity contribution is -0.140. The highest BCUT2D eigenvalue weighted by molar-refractivity contribution is 5.94. The molecule has 0 radical (unpaired) electrons. The molecule has 0 aliphatic carbocycles. The van der Waals surface area contributed by atoms with Gasteiger partial charge in [-0.05, 0) is 17.9 Å². The van der Waals surface area contributed by atoms with Crippen molar-refractivity contribution in [2.24, 2.45) is 11.7 Å². The van der Waals surface area contributed by atoms with Gasteiger partial charge in [0.15, 0.2) is 0 Å². The van der Waals surface area contributed by atoms with Crippen LogP contribution in [0.3, 0.4) is 0 Å². The molecule has 176 valence electrons. The van der Waals surface area contributed by atoms with E-state index in [1.54, 1.807) is 44.2 Å². The zero-order valence-corrected chi connectivity index (χ0v) is 18.0. The fourth-order valence-electron chi connectivity index (χ4n) is 2.72.